The summed E-state index contributed by atoms with van der Waals surface area (Å²) in [5, 5.41) is -0.0638. The van der Waals surface area contributed by atoms with Gasteiger partial charge in [0.05, 0.1) is 5.25 Å². The van der Waals surface area contributed by atoms with Crippen molar-refractivity contribution in [2.24, 2.45) is 0 Å². The van der Waals surface area contributed by atoms with E-state index in [0.29, 0.717) is 12.2 Å². The van der Waals surface area contributed by atoms with Gasteiger partial charge in [-0.15, -0.1) is 11.8 Å². The van der Waals surface area contributed by atoms with Gasteiger partial charge >= 0.3 is 0 Å². The van der Waals surface area contributed by atoms with Crippen molar-refractivity contribution in [2.45, 2.75) is 110 Å². The predicted octanol–water partition coefficient (Wildman–Crippen LogP) is 9.43. The molecule has 2 aromatic carbocycles. The summed E-state index contributed by atoms with van der Waals surface area (Å²) in [5.74, 6) is 1.40. The Morgan fingerprint density at radius 1 is 0.758 bits per heavy atom. The van der Waals surface area contributed by atoms with Crippen molar-refractivity contribution in [3.63, 3.8) is 0 Å². The number of ketones is 1. The van der Waals surface area contributed by atoms with Gasteiger partial charge in [0.15, 0.2) is 5.78 Å². The molecule has 0 N–H and O–H groups in total. The van der Waals surface area contributed by atoms with E-state index in [2.05, 4.69) is 65.0 Å². The monoisotopic (exact) mass is 466 g/mol. The fraction of sp³-hybridized carbons (Fsp3) is 0.581. The van der Waals surface area contributed by atoms with E-state index >= 15 is 0 Å². The third-order valence-electron chi connectivity index (χ3n) is 7.13. The summed E-state index contributed by atoms with van der Waals surface area (Å²) < 4.78 is 0. The lowest BCUT2D eigenvalue weighted by Gasteiger charge is -2.19. The van der Waals surface area contributed by atoms with Crippen LogP contribution in [0.3, 0.4) is 0 Å². The average Bonchev–Trinajstić information content (AvgIpc) is 2.82. The predicted molar refractivity (Wildman–Crippen MR) is 148 cm³/mol. The minimum Gasteiger partial charge on any atom is -0.298 e. The molecular formula is C31H46OS. The van der Waals surface area contributed by atoms with E-state index in [1.807, 2.05) is 17.8 Å². The maximum Gasteiger partial charge on any atom is 0.154 e. The first-order valence-electron chi connectivity index (χ1n) is 13.2. The maximum absolute atomic E-state index is 13.5. The first-order chi connectivity index (χ1) is 16.0. The van der Waals surface area contributed by atoms with Crippen LogP contribution in [0, 0.1) is 27.7 Å². The van der Waals surface area contributed by atoms with E-state index in [9.17, 15) is 4.79 Å². The fourth-order valence-corrected chi connectivity index (χ4v) is 5.78. The number of carbonyl (C=O) groups is 1. The molecule has 0 saturated carbocycles. The highest BCUT2D eigenvalue weighted by atomic mass is 32.2. The van der Waals surface area contributed by atoms with Gasteiger partial charge in [0.25, 0.3) is 0 Å². The Hall–Kier alpha value is -1.54. The van der Waals surface area contributed by atoms with E-state index in [0.717, 1.165) is 11.3 Å². The number of rotatable bonds is 16. The van der Waals surface area contributed by atoms with E-state index in [4.69, 9.17) is 0 Å². The molecule has 0 aliphatic rings. The summed E-state index contributed by atoms with van der Waals surface area (Å²) in [5.41, 5.74) is 7.58. The lowest BCUT2D eigenvalue weighted by Crippen LogP contribution is -2.14. The van der Waals surface area contributed by atoms with Crippen molar-refractivity contribution < 1.29 is 4.79 Å². The lowest BCUT2D eigenvalue weighted by molar-refractivity contribution is -0.118. The number of aryl methyl sites for hydroxylation is 1. The number of carbonyl (C=O) groups excluding carboxylic acids is 1. The van der Waals surface area contributed by atoms with Crippen molar-refractivity contribution >= 4 is 17.5 Å². The topological polar surface area (TPSA) is 17.1 Å². The van der Waals surface area contributed by atoms with Crippen LogP contribution in [0.2, 0.25) is 0 Å². The summed E-state index contributed by atoms with van der Waals surface area (Å²) in [6.45, 7) is 11.0. The Labute approximate surface area is 208 Å². The molecule has 182 valence electrons. The number of Topliss-reactive ketones (excluding diaryl/α,β-unsaturated/α-hetero) is 1. The van der Waals surface area contributed by atoms with Crippen molar-refractivity contribution in [2.75, 3.05) is 5.75 Å². The van der Waals surface area contributed by atoms with Crippen molar-refractivity contribution in [3.8, 4) is 0 Å². The molecule has 0 bridgehead atoms. The quantitative estimate of drug-likeness (QED) is 0.229. The Morgan fingerprint density at radius 3 is 1.94 bits per heavy atom. The highest BCUT2D eigenvalue weighted by molar-refractivity contribution is 8.00. The second-order valence-corrected chi connectivity index (χ2v) is 10.9. The molecule has 0 radical (unpaired) electrons. The molecule has 1 atom stereocenters. The molecule has 0 aliphatic heterocycles. The Morgan fingerprint density at radius 2 is 1.33 bits per heavy atom. The van der Waals surface area contributed by atoms with Gasteiger partial charge in [0.2, 0.25) is 0 Å². The number of benzene rings is 2. The van der Waals surface area contributed by atoms with Crippen LogP contribution in [0.25, 0.3) is 0 Å². The first-order valence-corrected chi connectivity index (χ1v) is 14.3. The zero-order valence-corrected chi connectivity index (χ0v) is 22.7. The van der Waals surface area contributed by atoms with E-state index in [1.165, 1.54) is 92.0 Å². The van der Waals surface area contributed by atoms with Crippen LogP contribution in [-0.2, 0) is 11.2 Å². The minimum absolute atomic E-state index is 0.0638. The van der Waals surface area contributed by atoms with Gasteiger partial charge in [-0.2, -0.15) is 0 Å². The van der Waals surface area contributed by atoms with Crippen LogP contribution < -0.4 is 0 Å². The molecule has 0 spiro atoms. The van der Waals surface area contributed by atoms with Gasteiger partial charge in [-0.25, -0.2) is 0 Å². The number of thioether (sulfide) groups is 1. The van der Waals surface area contributed by atoms with Crippen LogP contribution >= 0.6 is 11.8 Å². The largest absolute Gasteiger partial charge is 0.298 e. The Bertz CT molecular complexity index is 840. The van der Waals surface area contributed by atoms with Crippen LogP contribution in [0.4, 0.5) is 0 Å². The first kappa shape index (κ1) is 27.7. The third kappa shape index (κ3) is 9.32. The summed E-state index contributed by atoms with van der Waals surface area (Å²) in [4.78, 5) is 13.5. The highest BCUT2D eigenvalue weighted by Gasteiger charge is 2.22. The number of unbranched alkanes of at least 4 members (excludes halogenated alkanes) is 9. The van der Waals surface area contributed by atoms with Crippen LogP contribution in [0.1, 0.15) is 110 Å². The van der Waals surface area contributed by atoms with Crippen LogP contribution in [0.5, 0.6) is 0 Å². The second-order valence-electron chi connectivity index (χ2n) is 9.71. The molecule has 0 aromatic heterocycles. The standard InChI is InChI=1S/C31H46OS/c1-6-7-8-9-10-11-12-13-14-18-21-33-31(28-19-16-15-17-20-28)30(32)23-29-22-24(2)25(3)26(4)27(29)5/h15-17,19-20,22,31H,6-14,18,21,23H2,1-5H3/t31-/m0/s1. The number of hydrogen-bond acceptors (Lipinski definition) is 2. The zero-order chi connectivity index (χ0) is 24.1. The SMILES string of the molecule is CCCCCCCCCCCCS[C@H](C(=O)Cc1cc(C)c(C)c(C)c1C)c1ccccc1. The normalized spacial score (nSPS) is 12.2. The summed E-state index contributed by atoms with van der Waals surface area (Å²) in [7, 11) is 0. The van der Waals surface area contributed by atoms with Crippen molar-refractivity contribution in [1.82, 2.24) is 0 Å². The Kier molecular flexibility index (Phi) is 12.9. The molecule has 2 aromatic rings. The van der Waals surface area contributed by atoms with Crippen molar-refractivity contribution in [3.05, 3.63) is 69.8 Å². The minimum atomic E-state index is -0.0638. The van der Waals surface area contributed by atoms with Crippen LogP contribution in [0.15, 0.2) is 36.4 Å². The van der Waals surface area contributed by atoms with Gasteiger partial charge < -0.3 is 0 Å². The average molecular weight is 467 g/mol. The van der Waals surface area contributed by atoms with Gasteiger partial charge in [-0.1, -0.05) is 101 Å². The number of hydrogen-bond donors (Lipinski definition) is 0. The molecule has 0 saturated heterocycles. The molecule has 0 amide bonds. The molecule has 0 unspecified atom stereocenters. The van der Waals surface area contributed by atoms with E-state index in [-0.39, 0.29) is 5.25 Å². The van der Waals surface area contributed by atoms with Gasteiger partial charge in [-0.05, 0) is 73.2 Å². The molecule has 2 rings (SSSR count). The molecule has 2 heteroatoms. The molecule has 0 heterocycles. The fourth-order valence-electron chi connectivity index (χ4n) is 4.55. The van der Waals surface area contributed by atoms with Gasteiger partial charge in [0.1, 0.15) is 0 Å². The van der Waals surface area contributed by atoms with Gasteiger partial charge in [-0.3, -0.25) is 4.79 Å². The Balaban J connectivity index is 1.86. The zero-order valence-electron chi connectivity index (χ0n) is 21.8. The summed E-state index contributed by atoms with van der Waals surface area (Å²) >= 11 is 1.85. The highest BCUT2D eigenvalue weighted by Crippen LogP contribution is 2.33. The van der Waals surface area contributed by atoms with Crippen LogP contribution in [-0.4, -0.2) is 11.5 Å². The smallest absolute Gasteiger partial charge is 0.154 e. The van der Waals surface area contributed by atoms with E-state index < -0.39 is 0 Å². The molecule has 33 heavy (non-hydrogen) atoms. The lowest BCUT2D eigenvalue weighted by atomic mass is 9.91. The molecule has 0 fully saturated rings. The molecule has 1 nitrogen and oxygen atoms in total. The molecule has 0 aliphatic carbocycles. The third-order valence-corrected chi connectivity index (χ3v) is 8.52. The maximum atomic E-state index is 13.5. The second kappa shape index (κ2) is 15.4. The molecular weight excluding hydrogens is 420 g/mol. The van der Waals surface area contributed by atoms with Crippen molar-refractivity contribution in [1.29, 1.82) is 0 Å². The summed E-state index contributed by atoms with van der Waals surface area (Å²) in [6.07, 6.45) is 14.0. The summed E-state index contributed by atoms with van der Waals surface area (Å²) in [6, 6.07) is 12.6. The van der Waals surface area contributed by atoms with Gasteiger partial charge in [0, 0.05) is 6.42 Å². The van der Waals surface area contributed by atoms with E-state index in [1.54, 1.807) is 0 Å².